The quantitative estimate of drug-likeness (QED) is 0.429. The number of aromatic nitrogens is 2. The highest BCUT2D eigenvalue weighted by Gasteiger charge is 2.39. The highest BCUT2D eigenvalue weighted by atomic mass is 35.5. The maximum Gasteiger partial charge on any atom is 0.408 e. The fourth-order valence-corrected chi connectivity index (χ4v) is 6.03. The van der Waals surface area contributed by atoms with Crippen molar-refractivity contribution in [2.75, 3.05) is 25.2 Å². The molecule has 1 aromatic carbocycles. The van der Waals surface area contributed by atoms with E-state index in [1.807, 2.05) is 0 Å². The molecule has 1 fully saturated rings. The third-order valence-electron chi connectivity index (χ3n) is 7.06. The highest BCUT2D eigenvalue weighted by Crippen LogP contribution is 2.40. The number of nitriles is 1. The average molecular weight is 590 g/mol. The van der Waals surface area contributed by atoms with Crippen LogP contribution in [0.3, 0.4) is 0 Å². The van der Waals surface area contributed by atoms with Crippen LogP contribution in [0.2, 0.25) is 5.02 Å². The summed E-state index contributed by atoms with van der Waals surface area (Å²) in [7, 11) is -1.84. The number of aryl methyl sites for hydroxylation is 1. The van der Waals surface area contributed by atoms with Crippen LogP contribution in [-0.4, -0.2) is 61.5 Å². The van der Waals surface area contributed by atoms with Gasteiger partial charge in [-0.2, -0.15) is 23.5 Å². The Morgan fingerprint density at radius 2 is 2.00 bits per heavy atom. The van der Waals surface area contributed by atoms with Gasteiger partial charge >= 0.3 is 6.18 Å². The normalized spacial score (nSPS) is 20.6. The summed E-state index contributed by atoms with van der Waals surface area (Å²) in [6.45, 7) is 3.12. The van der Waals surface area contributed by atoms with Gasteiger partial charge in [0.2, 0.25) is 0 Å². The van der Waals surface area contributed by atoms with E-state index in [0.29, 0.717) is 43.5 Å². The number of nitrogens with zero attached hydrogens (tertiary/aromatic N) is 3. The van der Waals surface area contributed by atoms with E-state index in [-0.39, 0.29) is 28.7 Å². The number of methoxy groups -OCH3 is 1. The van der Waals surface area contributed by atoms with E-state index in [2.05, 4.69) is 21.8 Å². The van der Waals surface area contributed by atoms with E-state index in [9.17, 15) is 31.6 Å². The minimum Gasteiger partial charge on any atom is -0.496 e. The summed E-state index contributed by atoms with van der Waals surface area (Å²) >= 11 is 6.61. The van der Waals surface area contributed by atoms with E-state index in [1.165, 1.54) is 36.2 Å². The number of benzene rings is 1. The number of amides is 1. The van der Waals surface area contributed by atoms with E-state index >= 15 is 0 Å². The summed E-state index contributed by atoms with van der Waals surface area (Å²) in [5.74, 6) is -0.381. The number of carbonyl (C=O) groups is 1. The van der Waals surface area contributed by atoms with Crippen LogP contribution < -0.4 is 15.4 Å². The van der Waals surface area contributed by atoms with E-state index < -0.39 is 38.6 Å². The van der Waals surface area contributed by atoms with Crippen molar-refractivity contribution in [1.82, 2.24) is 15.1 Å². The molecule has 0 unspecified atom stereocenters. The van der Waals surface area contributed by atoms with Crippen molar-refractivity contribution in [3.63, 3.8) is 0 Å². The second kappa shape index (κ2) is 11.6. The smallest absolute Gasteiger partial charge is 0.408 e. The highest BCUT2D eigenvalue weighted by molar-refractivity contribution is 7.91. The Morgan fingerprint density at radius 3 is 2.51 bits per heavy atom. The third kappa shape index (κ3) is 6.78. The molecule has 0 spiro atoms. The van der Waals surface area contributed by atoms with Gasteiger partial charge in [-0.05, 0) is 51.7 Å². The first kappa shape index (κ1) is 30.6. The predicted octanol–water partition coefficient (Wildman–Crippen LogP) is 4.82. The first-order valence-corrected chi connectivity index (χ1v) is 14.6. The fourth-order valence-electron chi connectivity index (χ4n) is 4.61. The number of hydrogen-bond donors (Lipinski definition) is 2. The van der Waals surface area contributed by atoms with Crippen LogP contribution in [0.4, 0.5) is 18.9 Å². The topological polar surface area (TPSA) is 126 Å². The number of rotatable bonds is 9. The molecule has 1 aliphatic carbocycles. The Balaban J connectivity index is 1.84. The second-order valence-electron chi connectivity index (χ2n) is 9.75. The number of carbonyl (C=O) groups excluding carboxylic acids is 1. The molecule has 0 saturated heterocycles. The van der Waals surface area contributed by atoms with Gasteiger partial charge in [-0.15, -0.1) is 0 Å². The van der Waals surface area contributed by atoms with E-state index in [4.69, 9.17) is 16.3 Å². The Labute approximate surface area is 230 Å². The van der Waals surface area contributed by atoms with Gasteiger partial charge in [0.05, 0.1) is 34.6 Å². The zero-order chi connectivity index (χ0) is 29.2. The standard InChI is InChI=1S/C25H31ClF3N5O4S/c1-5-34-22(18-7-6-16(12-19(18)38-3)32-15(2)25(27,28)29)20(26)21(33-34)23(35)31-14-24(13-30)10-8-17(9-11-24)39(4,36)37/h6-7,12,15,17,32H,5,8-11,14H2,1-4H3,(H,31,35)/t15-,17-,24+/m1/s1. The number of sulfone groups is 1. The maximum atomic E-state index is 13.1. The zero-order valence-electron chi connectivity index (χ0n) is 22.0. The molecule has 1 atom stereocenters. The lowest BCUT2D eigenvalue weighted by Gasteiger charge is -2.34. The average Bonchev–Trinajstić information content (AvgIpc) is 3.22. The summed E-state index contributed by atoms with van der Waals surface area (Å²) in [6, 6.07) is 4.85. The van der Waals surface area contributed by atoms with Crippen LogP contribution in [0, 0.1) is 16.7 Å². The Morgan fingerprint density at radius 1 is 1.36 bits per heavy atom. The molecule has 14 heteroatoms. The molecule has 0 bridgehead atoms. The number of anilines is 1. The van der Waals surface area contributed by atoms with Crippen molar-refractivity contribution >= 4 is 33.0 Å². The lowest BCUT2D eigenvalue weighted by Crippen LogP contribution is -2.41. The number of nitrogens with one attached hydrogen (secondary N) is 2. The van der Waals surface area contributed by atoms with Gasteiger partial charge < -0.3 is 15.4 Å². The lowest BCUT2D eigenvalue weighted by molar-refractivity contribution is -0.138. The fraction of sp³-hybridized carbons (Fsp3) is 0.560. The molecule has 0 radical (unpaired) electrons. The molecule has 1 saturated carbocycles. The molecule has 1 heterocycles. The van der Waals surface area contributed by atoms with Crippen LogP contribution in [-0.2, 0) is 16.4 Å². The van der Waals surface area contributed by atoms with Gasteiger partial charge in [0, 0.05) is 36.7 Å². The number of ether oxygens (including phenoxy) is 1. The number of alkyl halides is 3. The van der Waals surface area contributed by atoms with Gasteiger partial charge in [0.25, 0.3) is 5.91 Å². The van der Waals surface area contributed by atoms with Gasteiger partial charge in [-0.3, -0.25) is 9.48 Å². The summed E-state index contributed by atoms with van der Waals surface area (Å²) in [5, 5.41) is 18.8. The first-order valence-electron chi connectivity index (χ1n) is 12.3. The largest absolute Gasteiger partial charge is 0.496 e. The molecule has 2 N–H and O–H groups in total. The van der Waals surface area contributed by atoms with Gasteiger partial charge in [0.15, 0.2) is 5.69 Å². The summed E-state index contributed by atoms with van der Waals surface area (Å²) in [5.41, 5.74) is -0.0289. The minimum atomic E-state index is -4.44. The summed E-state index contributed by atoms with van der Waals surface area (Å²) in [4.78, 5) is 13.1. The molecule has 9 nitrogen and oxygen atoms in total. The Hall–Kier alpha value is -2.98. The molecule has 3 rings (SSSR count). The molecule has 0 aliphatic heterocycles. The first-order chi connectivity index (χ1) is 18.2. The maximum absolute atomic E-state index is 13.1. The number of halogens is 4. The SMILES string of the molecule is CCn1nc(C(=O)NC[C@]2(C#N)CC[C@H](S(C)(=O)=O)CC2)c(Cl)c1-c1ccc(N[C@H](C)C(F)(F)F)cc1OC. The van der Waals surface area contributed by atoms with E-state index in [0.717, 1.165) is 6.92 Å². The van der Waals surface area contributed by atoms with Crippen LogP contribution >= 0.6 is 11.6 Å². The molecule has 39 heavy (non-hydrogen) atoms. The molecule has 2 aromatic rings. The van der Waals surface area contributed by atoms with Crippen LogP contribution in [0.1, 0.15) is 50.0 Å². The molecular weight excluding hydrogens is 559 g/mol. The van der Waals surface area contributed by atoms with Crippen LogP contribution in [0.5, 0.6) is 5.75 Å². The summed E-state index contributed by atoms with van der Waals surface area (Å²) < 4.78 is 69.6. The predicted molar refractivity (Wildman–Crippen MR) is 142 cm³/mol. The minimum absolute atomic E-state index is 0.00450. The van der Waals surface area contributed by atoms with Crippen molar-refractivity contribution in [3.8, 4) is 23.1 Å². The monoisotopic (exact) mass is 589 g/mol. The number of hydrogen-bond acceptors (Lipinski definition) is 7. The molecular formula is C25H31ClF3N5O4S. The Bertz CT molecular complexity index is 1360. The lowest BCUT2D eigenvalue weighted by atomic mass is 9.75. The second-order valence-corrected chi connectivity index (χ2v) is 12.5. The molecule has 1 aromatic heterocycles. The zero-order valence-corrected chi connectivity index (χ0v) is 23.6. The third-order valence-corrected chi connectivity index (χ3v) is 9.10. The molecule has 1 aliphatic rings. The van der Waals surface area contributed by atoms with Crippen molar-refractivity contribution in [1.29, 1.82) is 5.26 Å². The van der Waals surface area contributed by atoms with Gasteiger partial charge in [-0.1, -0.05) is 11.6 Å². The van der Waals surface area contributed by atoms with Gasteiger partial charge in [-0.25, -0.2) is 8.42 Å². The molecule has 214 valence electrons. The van der Waals surface area contributed by atoms with Crippen molar-refractivity contribution in [3.05, 3.63) is 28.9 Å². The Kier molecular flexibility index (Phi) is 9.12. The van der Waals surface area contributed by atoms with Crippen LogP contribution in [0.25, 0.3) is 11.3 Å². The molecule has 1 amide bonds. The van der Waals surface area contributed by atoms with Crippen molar-refractivity contribution in [2.45, 2.75) is 63.5 Å². The van der Waals surface area contributed by atoms with Crippen molar-refractivity contribution < 1.29 is 31.1 Å². The summed E-state index contributed by atoms with van der Waals surface area (Å²) in [6.07, 6.45) is -1.92. The van der Waals surface area contributed by atoms with Crippen molar-refractivity contribution in [2.24, 2.45) is 5.41 Å². The van der Waals surface area contributed by atoms with Crippen LogP contribution in [0.15, 0.2) is 18.2 Å². The van der Waals surface area contributed by atoms with Gasteiger partial charge in [0.1, 0.15) is 21.6 Å². The van der Waals surface area contributed by atoms with E-state index in [1.54, 1.807) is 6.92 Å².